The summed E-state index contributed by atoms with van der Waals surface area (Å²) < 4.78 is 5.70. The van der Waals surface area contributed by atoms with Crippen LogP contribution in [-0.4, -0.2) is 13.2 Å². The van der Waals surface area contributed by atoms with Crippen LogP contribution in [0.2, 0.25) is 0 Å². The van der Waals surface area contributed by atoms with Crippen LogP contribution in [0.4, 0.5) is 0 Å². The molecule has 0 aromatic rings. The highest BCUT2D eigenvalue weighted by atomic mass is 16.5. The smallest absolute Gasteiger partial charge is 0.0655 e. The zero-order valence-corrected chi connectivity index (χ0v) is 12.4. The first-order chi connectivity index (χ1) is 9.33. The van der Waals surface area contributed by atoms with Gasteiger partial charge in [0.05, 0.1) is 6.07 Å². The van der Waals surface area contributed by atoms with Crippen molar-refractivity contribution in [3.8, 4) is 6.07 Å². The monoisotopic (exact) mass is 263 g/mol. The fourth-order valence-corrected chi connectivity index (χ4v) is 3.94. The molecule has 0 N–H and O–H groups in total. The number of rotatable bonds is 5. The Balaban J connectivity index is 1.65. The van der Waals surface area contributed by atoms with Crippen molar-refractivity contribution in [1.82, 2.24) is 0 Å². The molecule has 2 saturated carbocycles. The first-order valence-corrected chi connectivity index (χ1v) is 8.30. The fourth-order valence-electron chi connectivity index (χ4n) is 3.94. The van der Waals surface area contributed by atoms with Gasteiger partial charge in [-0.2, -0.15) is 5.26 Å². The van der Waals surface area contributed by atoms with Crippen LogP contribution in [-0.2, 0) is 4.74 Å². The Hall–Kier alpha value is -0.550. The second kappa shape index (κ2) is 7.90. The molecule has 0 unspecified atom stereocenters. The maximum atomic E-state index is 8.96. The van der Waals surface area contributed by atoms with Gasteiger partial charge in [-0.25, -0.2) is 0 Å². The number of hydrogen-bond donors (Lipinski definition) is 0. The van der Waals surface area contributed by atoms with Crippen molar-refractivity contribution >= 4 is 0 Å². The zero-order chi connectivity index (χ0) is 13.5. The van der Waals surface area contributed by atoms with Crippen molar-refractivity contribution < 1.29 is 4.74 Å². The molecule has 108 valence electrons. The highest BCUT2D eigenvalue weighted by Crippen LogP contribution is 2.41. The maximum Gasteiger partial charge on any atom is 0.0655 e. The summed E-state index contributed by atoms with van der Waals surface area (Å²) in [5, 5.41) is 8.96. The molecule has 0 heterocycles. The Bertz CT molecular complexity index is 280. The normalized spacial score (nSPS) is 35.8. The Morgan fingerprint density at radius 1 is 0.947 bits per heavy atom. The van der Waals surface area contributed by atoms with E-state index in [4.69, 9.17) is 10.00 Å². The predicted octanol–water partition coefficient (Wildman–Crippen LogP) is 4.55. The standard InChI is InChI=1S/C17H29NO/c1-2-11-19-13-15-5-9-17(10-6-15)16-7-3-14(12-18)4-8-16/h14-17H,2-11,13H2,1H3/t14-,15-,16-,17-. The summed E-state index contributed by atoms with van der Waals surface area (Å²) in [5.41, 5.74) is 0. The van der Waals surface area contributed by atoms with E-state index in [0.29, 0.717) is 5.92 Å². The summed E-state index contributed by atoms with van der Waals surface area (Å²) >= 11 is 0. The highest BCUT2D eigenvalue weighted by Gasteiger charge is 2.30. The molecule has 0 bridgehead atoms. The predicted molar refractivity (Wildman–Crippen MR) is 77.6 cm³/mol. The van der Waals surface area contributed by atoms with Gasteiger partial charge in [0.25, 0.3) is 0 Å². The van der Waals surface area contributed by atoms with Crippen LogP contribution < -0.4 is 0 Å². The molecule has 0 aliphatic heterocycles. The van der Waals surface area contributed by atoms with E-state index in [0.717, 1.165) is 50.2 Å². The number of ether oxygens (including phenoxy) is 1. The first kappa shape index (κ1) is 14.9. The third-order valence-electron chi connectivity index (χ3n) is 5.21. The van der Waals surface area contributed by atoms with E-state index in [1.807, 2.05) is 0 Å². The van der Waals surface area contributed by atoms with Crippen molar-refractivity contribution in [2.24, 2.45) is 23.7 Å². The van der Waals surface area contributed by atoms with E-state index < -0.39 is 0 Å². The zero-order valence-electron chi connectivity index (χ0n) is 12.4. The minimum Gasteiger partial charge on any atom is -0.381 e. The molecule has 2 rings (SSSR count). The van der Waals surface area contributed by atoms with Crippen LogP contribution in [0.5, 0.6) is 0 Å². The number of nitrogens with zero attached hydrogens (tertiary/aromatic N) is 1. The van der Waals surface area contributed by atoms with Gasteiger partial charge in [0.15, 0.2) is 0 Å². The van der Waals surface area contributed by atoms with Gasteiger partial charge < -0.3 is 4.74 Å². The summed E-state index contributed by atoms with van der Waals surface area (Å²) in [6, 6.07) is 2.45. The van der Waals surface area contributed by atoms with Gasteiger partial charge in [-0.3, -0.25) is 0 Å². The van der Waals surface area contributed by atoms with E-state index in [9.17, 15) is 0 Å². The minimum atomic E-state index is 0.357. The summed E-state index contributed by atoms with van der Waals surface area (Å²) in [4.78, 5) is 0. The lowest BCUT2D eigenvalue weighted by molar-refractivity contribution is 0.0663. The van der Waals surface area contributed by atoms with Gasteiger partial charge in [0, 0.05) is 19.1 Å². The van der Waals surface area contributed by atoms with E-state index in [2.05, 4.69) is 13.0 Å². The van der Waals surface area contributed by atoms with Crippen LogP contribution in [0.15, 0.2) is 0 Å². The van der Waals surface area contributed by atoms with Gasteiger partial charge in [0.2, 0.25) is 0 Å². The fraction of sp³-hybridized carbons (Fsp3) is 0.941. The Kier molecular flexibility index (Phi) is 6.17. The van der Waals surface area contributed by atoms with Crippen molar-refractivity contribution in [2.45, 2.75) is 64.7 Å². The van der Waals surface area contributed by atoms with Crippen LogP contribution in [0.25, 0.3) is 0 Å². The molecular formula is C17H29NO. The summed E-state index contributed by atoms with van der Waals surface area (Å²) in [5.74, 6) is 3.04. The van der Waals surface area contributed by atoms with E-state index in [1.54, 1.807) is 0 Å². The van der Waals surface area contributed by atoms with Crippen molar-refractivity contribution in [1.29, 1.82) is 5.26 Å². The third-order valence-corrected chi connectivity index (χ3v) is 5.21. The molecule has 2 heteroatoms. The summed E-state index contributed by atoms with van der Waals surface area (Å²) in [6.07, 6.45) is 11.6. The molecule has 2 aliphatic carbocycles. The number of nitriles is 1. The molecule has 0 saturated heterocycles. The molecule has 2 nitrogen and oxygen atoms in total. The maximum absolute atomic E-state index is 8.96. The van der Waals surface area contributed by atoms with E-state index >= 15 is 0 Å². The SMILES string of the molecule is CCCOC[C@H]1CC[C@H]([C@H]2CC[C@H](C#N)CC2)CC1. The average Bonchev–Trinajstić information content (AvgIpc) is 2.48. The topological polar surface area (TPSA) is 33.0 Å². The molecule has 0 amide bonds. The summed E-state index contributed by atoms with van der Waals surface area (Å²) in [6.45, 7) is 4.09. The van der Waals surface area contributed by atoms with E-state index in [1.165, 1.54) is 38.5 Å². The van der Waals surface area contributed by atoms with Gasteiger partial charge >= 0.3 is 0 Å². The Morgan fingerprint density at radius 3 is 2.05 bits per heavy atom. The van der Waals surface area contributed by atoms with Crippen molar-refractivity contribution in [2.75, 3.05) is 13.2 Å². The Labute approximate surface area is 118 Å². The lowest BCUT2D eigenvalue weighted by Gasteiger charge is -2.36. The van der Waals surface area contributed by atoms with Crippen LogP contribution in [0.1, 0.15) is 64.7 Å². The van der Waals surface area contributed by atoms with Crippen LogP contribution in [0.3, 0.4) is 0 Å². The molecule has 0 atom stereocenters. The first-order valence-electron chi connectivity index (χ1n) is 8.30. The van der Waals surface area contributed by atoms with Gasteiger partial charge in [-0.15, -0.1) is 0 Å². The average molecular weight is 263 g/mol. The lowest BCUT2D eigenvalue weighted by atomic mass is 9.69. The van der Waals surface area contributed by atoms with Gasteiger partial charge in [-0.05, 0) is 75.5 Å². The molecule has 19 heavy (non-hydrogen) atoms. The summed E-state index contributed by atoms with van der Waals surface area (Å²) in [7, 11) is 0. The van der Waals surface area contributed by atoms with Gasteiger partial charge in [-0.1, -0.05) is 6.92 Å². The molecule has 0 aromatic carbocycles. The van der Waals surface area contributed by atoms with Crippen molar-refractivity contribution in [3.63, 3.8) is 0 Å². The quantitative estimate of drug-likeness (QED) is 0.682. The van der Waals surface area contributed by atoms with Crippen molar-refractivity contribution in [3.05, 3.63) is 0 Å². The third kappa shape index (κ3) is 4.49. The molecule has 0 spiro atoms. The minimum absolute atomic E-state index is 0.357. The molecule has 2 aliphatic rings. The largest absolute Gasteiger partial charge is 0.381 e. The van der Waals surface area contributed by atoms with Crippen LogP contribution >= 0.6 is 0 Å². The second-order valence-electron chi connectivity index (χ2n) is 6.60. The Morgan fingerprint density at radius 2 is 1.53 bits per heavy atom. The molecular weight excluding hydrogens is 234 g/mol. The molecule has 0 aromatic heterocycles. The number of hydrogen-bond acceptors (Lipinski definition) is 2. The van der Waals surface area contributed by atoms with E-state index in [-0.39, 0.29) is 0 Å². The molecule has 0 radical (unpaired) electrons. The molecule has 2 fully saturated rings. The highest BCUT2D eigenvalue weighted by molar-refractivity contribution is 4.89. The second-order valence-corrected chi connectivity index (χ2v) is 6.60. The van der Waals surface area contributed by atoms with Crippen LogP contribution in [0, 0.1) is 35.0 Å². The van der Waals surface area contributed by atoms with Gasteiger partial charge in [0.1, 0.15) is 0 Å². The lowest BCUT2D eigenvalue weighted by Crippen LogP contribution is -2.27.